The Morgan fingerprint density at radius 2 is 2.45 bits per heavy atom. The molecule has 1 N–H and O–H groups in total. The Bertz CT molecular complexity index is 338. The van der Waals surface area contributed by atoms with Crippen LogP contribution >= 0.6 is 11.3 Å². The molecule has 56 valence electrons. The van der Waals surface area contributed by atoms with Crippen molar-refractivity contribution >= 4 is 21.7 Å². The Balaban J connectivity index is 2.69. The smallest absolute Gasteiger partial charge is 0.170 e. The van der Waals surface area contributed by atoms with Gasteiger partial charge < -0.3 is 5.11 Å². The summed E-state index contributed by atoms with van der Waals surface area (Å²) in [6.45, 7) is 0.00102. The lowest BCUT2D eigenvalue weighted by atomic mass is 10.5. The molecule has 0 unspecified atom stereocenters. The van der Waals surface area contributed by atoms with E-state index in [2.05, 4.69) is 9.97 Å². The molecule has 0 amide bonds. The van der Waals surface area contributed by atoms with Crippen molar-refractivity contribution < 1.29 is 5.11 Å². The molecule has 0 atom stereocenters. The average Bonchev–Trinajstić information content (AvgIpc) is 2.46. The van der Waals surface area contributed by atoms with Gasteiger partial charge in [0.2, 0.25) is 0 Å². The average molecular weight is 166 g/mol. The van der Waals surface area contributed by atoms with Gasteiger partial charge in [-0.05, 0) is 12.1 Å². The molecule has 0 spiro atoms. The van der Waals surface area contributed by atoms with E-state index in [1.165, 1.54) is 11.3 Å². The van der Waals surface area contributed by atoms with Crippen LogP contribution in [0.5, 0.6) is 0 Å². The Labute approximate surface area is 67.4 Å². The van der Waals surface area contributed by atoms with Gasteiger partial charge in [-0.3, -0.25) is 0 Å². The van der Waals surface area contributed by atoms with Crippen molar-refractivity contribution in [3.8, 4) is 0 Å². The first-order chi connectivity index (χ1) is 5.40. The largest absolute Gasteiger partial charge is 0.389 e. The van der Waals surface area contributed by atoms with Crippen LogP contribution in [-0.4, -0.2) is 15.1 Å². The standard InChI is InChI=1S/C7H6N2OS/c10-4-6-9-7-5(11-6)2-1-3-8-7/h1-3,10H,4H2. The van der Waals surface area contributed by atoms with Gasteiger partial charge >= 0.3 is 0 Å². The molecule has 0 aliphatic carbocycles. The lowest BCUT2D eigenvalue weighted by Gasteiger charge is -1.80. The number of hydrogen-bond donors (Lipinski definition) is 1. The van der Waals surface area contributed by atoms with Crippen LogP contribution in [0.2, 0.25) is 0 Å². The molecule has 2 heterocycles. The van der Waals surface area contributed by atoms with Crippen molar-refractivity contribution in [2.24, 2.45) is 0 Å². The van der Waals surface area contributed by atoms with Crippen LogP contribution in [0.4, 0.5) is 0 Å². The van der Waals surface area contributed by atoms with Crippen molar-refractivity contribution in [1.82, 2.24) is 9.97 Å². The maximum absolute atomic E-state index is 8.76. The first-order valence-electron chi connectivity index (χ1n) is 3.21. The first kappa shape index (κ1) is 6.69. The summed E-state index contributed by atoms with van der Waals surface area (Å²) in [7, 11) is 0. The highest BCUT2D eigenvalue weighted by Gasteiger charge is 2.00. The molecular formula is C7H6N2OS. The van der Waals surface area contributed by atoms with Gasteiger partial charge in [0, 0.05) is 6.20 Å². The van der Waals surface area contributed by atoms with Crippen LogP contribution in [-0.2, 0) is 6.61 Å². The molecule has 3 nitrogen and oxygen atoms in total. The van der Waals surface area contributed by atoms with Gasteiger partial charge in [0.05, 0.1) is 11.3 Å². The van der Waals surface area contributed by atoms with Crippen molar-refractivity contribution in [2.75, 3.05) is 0 Å². The highest BCUT2D eigenvalue weighted by molar-refractivity contribution is 7.18. The van der Waals surface area contributed by atoms with Crippen molar-refractivity contribution in [2.45, 2.75) is 6.61 Å². The van der Waals surface area contributed by atoms with Crippen LogP contribution < -0.4 is 0 Å². The van der Waals surface area contributed by atoms with Crippen molar-refractivity contribution in [3.05, 3.63) is 23.3 Å². The highest BCUT2D eigenvalue weighted by atomic mass is 32.1. The van der Waals surface area contributed by atoms with E-state index < -0.39 is 0 Å². The zero-order chi connectivity index (χ0) is 7.68. The second-order valence-electron chi connectivity index (χ2n) is 2.09. The summed E-state index contributed by atoms with van der Waals surface area (Å²) in [6, 6.07) is 3.81. The molecule has 0 fully saturated rings. The molecule has 0 aliphatic rings. The molecular weight excluding hydrogens is 160 g/mol. The molecule has 11 heavy (non-hydrogen) atoms. The van der Waals surface area contributed by atoms with Crippen LogP contribution in [0.25, 0.3) is 10.3 Å². The lowest BCUT2D eigenvalue weighted by molar-refractivity contribution is 0.281. The fourth-order valence-electron chi connectivity index (χ4n) is 0.881. The second kappa shape index (κ2) is 2.56. The molecule has 0 radical (unpaired) electrons. The maximum Gasteiger partial charge on any atom is 0.170 e. The summed E-state index contributed by atoms with van der Waals surface area (Å²) in [5.41, 5.74) is 0.724. The van der Waals surface area contributed by atoms with Gasteiger partial charge in [-0.25, -0.2) is 9.97 Å². The predicted molar refractivity (Wildman–Crippen MR) is 43.3 cm³/mol. The third-order valence-corrected chi connectivity index (χ3v) is 2.34. The maximum atomic E-state index is 8.76. The fourth-order valence-corrected chi connectivity index (χ4v) is 1.67. The minimum Gasteiger partial charge on any atom is -0.389 e. The molecule has 0 bridgehead atoms. The van der Waals surface area contributed by atoms with Crippen LogP contribution in [0.1, 0.15) is 5.01 Å². The van der Waals surface area contributed by atoms with E-state index >= 15 is 0 Å². The number of nitrogens with zero attached hydrogens (tertiary/aromatic N) is 2. The Morgan fingerprint density at radius 3 is 3.18 bits per heavy atom. The molecule has 2 aromatic heterocycles. The number of thiazole rings is 1. The second-order valence-corrected chi connectivity index (χ2v) is 3.21. The zero-order valence-electron chi connectivity index (χ0n) is 5.69. The molecule has 4 heteroatoms. The molecule has 2 aromatic rings. The third kappa shape index (κ3) is 1.10. The first-order valence-corrected chi connectivity index (χ1v) is 4.03. The summed E-state index contributed by atoms with van der Waals surface area (Å²) < 4.78 is 1.02. The van der Waals surface area contributed by atoms with Gasteiger partial charge in [-0.15, -0.1) is 11.3 Å². The number of rotatable bonds is 1. The number of aliphatic hydroxyl groups is 1. The highest BCUT2D eigenvalue weighted by Crippen LogP contribution is 2.18. The summed E-state index contributed by atoms with van der Waals surface area (Å²) >= 11 is 1.47. The number of pyridine rings is 1. The number of hydrogen-bond acceptors (Lipinski definition) is 4. The van der Waals surface area contributed by atoms with Gasteiger partial charge in [0.25, 0.3) is 0 Å². The SMILES string of the molecule is OCc1nc2ncccc2s1. The Morgan fingerprint density at radius 1 is 1.55 bits per heavy atom. The fraction of sp³-hybridized carbons (Fsp3) is 0.143. The van der Waals surface area contributed by atoms with E-state index in [0.717, 1.165) is 15.4 Å². The summed E-state index contributed by atoms with van der Waals surface area (Å²) in [5, 5.41) is 9.48. The molecule has 0 aromatic carbocycles. The normalized spacial score (nSPS) is 10.6. The lowest BCUT2D eigenvalue weighted by Crippen LogP contribution is -1.78. The predicted octanol–water partition coefficient (Wildman–Crippen LogP) is 1.18. The monoisotopic (exact) mass is 166 g/mol. The minimum atomic E-state index is 0.00102. The number of fused-ring (bicyclic) bond motifs is 1. The third-order valence-electron chi connectivity index (χ3n) is 1.34. The van der Waals surface area contributed by atoms with Gasteiger partial charge in [0.1, 0.15) is 5.01 Å². The van der Waals surface area contributed by atoms with E-state index in [1.807, 2.05) is 12.1 Å². The van der Waals surface area contributed by atoms with Crippen LogP contribution in [0.15, 0.2) is 18.3 Å². The topological polar surface area (TPSA) is 46.0 Å². The quantitative estimate of drug-likeness (QED) is 0.692. The summed E-state index contributed by atoms with van der Waals surface area (Å²) in [6.07, 6.45) is 1.70. The van der Waals surface area contributed by atoms with Crippen molar-refractivity contribution in [1.29, 1.82) is 0 Å². The van der Waals surface area contributed by atoms with Crippen LogP contribution in [0.3, 0.4) is 0 Å². The zero-order valence-corrected chi connectivity index (χ0v) is 6.51. The minimum absolute atomic E-state index is 0.00102. The summed E-state index contributed by atoms with van der Waals surface area (Å²) in [4.78, 5) is 8.13. The van der Waals surface area contributed by atoms with Gasteiger partial charge in [-0.2, -0.15) is 0 Å². The van der Waals surface area contributed by atoms with Gasteiger partial charge in [-0.1, -0.05) is 0 Å². The number of aliphatic hydroxyl groups excluding tert-OH is 1. The Kier molecular flexibility index (Phi) is 1.56. The van der Waals surface area contributed by atoms with E-state index in [9.17, 15) is 0 Å². The summed E-state index contributed by atoms with van der Waals surface area (Å²) in [5.74, 6) is 0. The van der Waals surface area contributed by atoms with E-state index in [0.29, 0.717) is 0 Å². The van der Waals surface area contributed by atoms with Crippen LogP contribution in [0, 0.1) is 0 Å². The molecule has 0 saturated carbocycles. The van der Waals surface area contributed by atoms with E-state index in [-0.39, 0.29) is 6.61 Å². The van der Waals surface area contributed by atoms with Crippen molar-refractivity contribution in [3.63, 3.8) is 0 Å². The number of aromatic nitrogens is 2. The Hall–Kier alpha value is -1.000. The molecule has 2 rings (SSSR count). The van der Waals surface area contributed by atoms with E-state index in [4.69, 9.17) is 5.11 Å². The molecule has 0 aliphatic heterocycles. The molecule has 0 saturated heterocycles. The van der Waals surface area contributed by atoms with Gasteiger partial charge in [0.15, 0.2) is 5.65 Å². The van der Waals surface area contributed by atoms with E-state index in [1.54, 1.807) is 6.20 Å².